The molecule has 116 valence electrons. The third-order valence-corrected chi connectivity index (χ3v) is 4.88. The Labute approximate surface area is 144 Å². The number of carbonyl (C=O) groups excluding carboxylic acids is 1. The van der Waals surface area contributed by atoms with Crippen LogP contribution in [0, 0.1) is 13.8 Å². The minimum atomic E-state index is -0.111. The Morgan fingerprint density at radius 3 is 2.48 bits per heavy atom. The number of hydrogen-bond donors (Lipinski definition) is 1. The molecule has 0 bridgehead atoms. The predicted octanol–water partition coefficient (Wildman–Crippen LogP) is 4.41. The number of phenolic OH excluding ortho intramolecular Hbond substituents is 1. The van der Waals surface area contributed by atoms with Crippen LogP contribution in [0.5, 0.6) is 5.75 Å². The second-order valence-corrected chi connectivity index (χ2v) is 7.07. The molecule has 0 atom stereocenters. The second kappa shape index (κ2) is 6.18. The van der Waals surface area contributed by atoms with Crippen molar-refractivity contribution in [3.05, 3.63) is 64.1 Å². The van der Waals surface area contributed by atoms with E-state index in [1.165, 1.54) is 11.8 Å². The van der Waals surface area contributed by atoms with Gasteiger partial charge in [-0.15, -0.1) is 0 Å². The van der Waals surface area contributed by atoms with E-state index in [1.54, 1.807) is 35.2 Å². The first-order valence-electron chi connectivity index (χ1n) is 7.10. The number of thiocarbonyl (C=S) groups is 1. The standard InChI is InChI=1S/C18H15NO2S2/c1-11-3-8-15(12(2)9-11)19-17(21)16(23-18(19)22)10-13-4-6-14(20)7-5-13/h3-10,20H,1-2H3/b16-10+. The van der Waals surface area contributed by atoms with Crippen LogP contribution in [0.25, 0.3) is 6.08 Å². The summed E-state index contributed by atoms with van der Waals surface area (Å²) in [6, 6.07) is 12.7. The summed E-state index contributed by atoms with van der Waals surface area (Å²) in [5, 5.41) is 9.33. The number of amides is 1. The molecular weight excluding hydrogens is 326 g/mol. The summed E-state index contributed by atoms with van der Waals surface area (Å²) in [4.78, 5) is 14.9. The summed E-state index contributed by atoms with van der Waals surface area (Å²) in [6.07, 6.45) is 1.79. The molecule has 1 saturated heterocycles. The molecule has 3 nitrogen and oxygen atoms in total. The van der Waals surface area contributed by atoms with Crippen molar-refractivity contribution >= 4 is 46.0 Å². The third kappa shape index (κ3) is 3.16. The Bertz CT molecular complexity index is 825. The van der Waals surface area contributed by atoms with E-state index in [9.17, 15) is 9.90 Å². The molecule has 0 aromatic heterocycles. The highest BCUT2D eigenvalue weighted by atomic mass is 32.2. The van der Waals surface area contributed by atoms with Crippen LogP contribution in [-0.4, -0.2) is 15.3 Å². The second-order valence-electron chi connectivity index (χ2n) is 5.40. The van der Waals surface area contributed by atoms with Crippen molar-refractivity contribution in [1.82, 2.24) is 0 Å². The van der Waals surface area contributed by atoms with Gasteiger partial charge in [-0.25, -0.2) is 0 Å². The zero-order valence-electron chi connectivity index (χ0n) is 12.7. The monoisotopic (exact) mass is 341 g/mol. The van der Waals surface area contributed by atoms with Crippen LogP contribution < -0.4 is 4.90 Å². The normalized spacial score (nSPS) is 16.4. The number of benzene rings is 2. The van der Waals surface area contributed by atoms with Crippen LogP contribution >= 0.6 is 24.0 Å². The first-order chi connectivity index (χ1) is 11.0. The largest absolute Gasteiger partial charge is 0.508 e. The summed E-state index contributed by atoms with van der Waals surface area (Å²) in [5.74, 6) is 0.0880. The van der Waals surface area contributed by atoms with Gasteiger partial charge in [-0.3, -0.25) is 9.69 Å². The number of nitrogens with zero attached hydrogens (tertiary/aromatic N) is 1. The number of anilines is 1. The van der Waals surface area contributed by atoms with Gasteiger partial charge in [-0.2, -0.15) is 0 Å². The average molecular weight is 341 g/mol. The van der Waals surface area contributed by atoms with Crippen molar-refractivity contribution in [2.24, 2.45) is 0 Å². The smallest absolute Gasteiger partial charge is 0.270 e. The van der Waals surface area contributed by atoms with Crippen LogP contribution in [0.4, 0.5) is 5.69 Å². The number of aromatic hydroxyl groups is 1. The quantitative estimate of drug-likeness (QED) is 0.649. The molecular formula is C18H15NO2S2. The van der Waals surface area contributed by atoms with Crippen molar-refractivity contribution in [3.8, 4) is 5.75 Å². The molecule has 1 fully saturated rings. The Kier molecular flexibility index (Phi) is 4.24. The highest BCUT2D eigenvalue weighted by Gasteiger charge is 2.33. The van der Waals surface area contributed by atoms with Crippen LogP contribution in [-0.2, 0) is 4.79 Å². The number of rotatable bonds is 2. The highest BCUT2D eigenvalue weighted by molar-refractivity contribution is 8.27. The van der Waals surface area contributed by atoms with E-state index >= 15 is 0 Å². The molecule has 2 aromatic carbocycles. The van der Waals surface area contributed by atoms with Gasteiger partial charge < -0.3 is 5.11 Å². The number of carbonyl (C=O) groups is 1. The highest BCUT2D eigenvalue weighted by Crippen LogP contribution is 2.37. The fourth-order valence-electron chi connectivity index (χ4n) is 2.45. The van der Waals surface area contributed by atoms with Crippen molar-refractivity contribution < 1.29 is 9.90 Å². The first kappa shape index (κ1) is 15.8. The summed E-state index contributed by atoms with van der Waals surface area (Å²) < 4.78 is 0.534. The zero-order chi connectivity index (χ0) is 16.6. The average Bonchev–Trinajstić information content (AvgIpc) is 2.77. The molecule has 1 N–H and O–H groups in total. The zero-order valence-corrected chi connectivity index (χ0v) is 14.4. The van der Waals surface area contributed by atoms with E-state index in [2.05, 4.69) is 0 Å². The van der Waals surface area contributed by atoms with E-state index in [0.29, 0.717) is 9.23 Å². The molecule has 5 heteroatoms. The summed E-state index contributed by atoms with van der Waals surface area (Å²) in [5.41, 5.74) is 3.85. The lowest BCUT2D eigenvalue weighted by atomic mass is 10.1. The van der Waals surface area contributed by atoms with Crippen LogP contribution in [0.2, 0.25) is 0 Å². The molecule has 1 amide bonds. The third-order valence-electron chi connectivity index (χ3n) is 3.58. The maximum atomic E-state index is 12.7. The summed E-state index contributed by atoms with van der Waals surface area (Å²) >= 11 is 6.69. The number of hydrogen-bond acceptors (Lipinski definition) is 4. The molecule has 1 aliphatic heterocycles. The molecule has 3 rings (SSSR count). The molecule has 23 heavy (non-hydrogen) atoms. The molecule has 0 aliphatic carbocycles. The fourth-order valence-corrected chi connectivity index (χ4v) is 3.74. The van der Waals surface area contributed by atoms with Gasteiger partial charge in [0.1, 0.15) is 5.75 Å². The van der Waals surface area contributed by atoms with Crippen molar-refractivity contribution in [3.63, 3.8) is 0 Å². The topological polar surface area (TPSA) is 40.5 Å². The van der Waals surface area contributed by atoms with Gasteiger partial charge in [0.2, 0.25) is 0 Å². The van der Waals surface area contributed by atoms with Gasteiger partial charge >= 0.3 is 0 Å². The molecule has 0 spiro atoms. The lowest BCUT2D eigenvalue weighted by molar-refractivity contribution is -0.113. The number of aryl methyl sites for hydroxylation is 2. The van der Waals surface area contributed by atoms with Crippen molar-refractivity contribution in [2.45, 2.75) is 13.8 Å². The van der Waals surface area contributed by atoms with E-state index in [-0.39, 0.29) is 11.7 Å². The molecule has 2 aromatic rings. The van der Waals surface area contributed by atoms with Crippen molar-refractivity contribution in [1.29, 1.82) is 0 Å². The van der Waals surface area contributed by atoms with Crippen molar-refractivity contribution in [2.75, 3.05) is 4.90 Å². The van der Waals surface area contributed by atoms with Crippen LogP contribution in [0.3, 0.4) is 0 Å². The predicted molar refractivity (Wildman–Crippen MR) is 99.7 cm³/mol. The van der Waals surface area contributed by atoms with Gasteiger partial charge in [0.15, 0.2) is 4.32 Å². The Morgan fingerprint density at radius 1 is 1.13 bits per heavy atom. The van der Waals surface area contributed by atoms with E-state index < -0.39 is 0 Å². The first-order valence-corrected chi connectivity index (χ1v) is 8.32. The molecule has 1 heterocycles. The van der Waals surface area contributed by atoms with Gasteiger partial charge in [0, 0.05) is 0 Å². The molecule has 0 unspecified atom stereocenters. The number of thioether (sulfide) groups is 1. The Morgan fingerprint density at radius 2 is 1.83 bits per heavy atom. The van der Waals surface area contributed by atoms with E-state index in [1.807, 2.05) is 32.0 Å². The summed E-state index contributed by atoms with van der Waals surface area (Å²) in [6.45, 7) is 4.00. The Balaban J connectivity index is 1.95. The minimum Gasteiger partial charge on any atom is -0.508 e. The van der Waals surface area contributed by atoms with E-state index in [4.69, 9.17) is 12.2 Å². The van der Waals surface area contributed by atoms with Gasteiger partial charge in [-0.1, -0.05) is 53.8 Å². The number of phenols is 1. The summed E-state index contributed by atoms with van der Waals surface area (Å²) in [7, 11) is 0. The maximum Gasteiger partial charge on any atom is 0.270 e. The molecule has 0 saturated carbocycles. The van der Waals surface area contributed by atoms with Gasteiger partial charge in [0.05, 0.1) is 10.6 Å². The molecule has 1 aliphatic rings. The van der Waals surface area contributed by atoms with Gasteiger partial charge in [0.25, 0.3) is 5.91 Å². The Hall–Kier alpha value is -2.11. The minimum absolute atomic E-state index is 0.111. The van der Waals surface area contributed by atoms with Crippen LogP contribution in [0.15, 0.2) is 47.4 Å². The fraction of sp³-hybridized carbons (Fsp3) is 0.111. The lowest BCUT2D eigenvalue weighted by Gasteiger charge is -2.17. The molecule has 0 radical (unpaired) electrons. The lowest BCUT2D eigenvalue weighted by Crippen LogP contribution is -2.28. The van der Waals surface area contributed by atoms with E-state index in [0.717, 1.165) is 22.4 Å². The van der Waals surface area contributed by atoms with Gasteiger partial charge in [-0.05, 0) is 49.2 Å². The van der Waals surface area contributed by atoms with Crippen LogP contribution in [0.1, 0.15) is 16.7 Å². The SMILES string of the molecule is Cc1ccc(N2C(=O)/C(=C\c3ccc(O)cc3)SC2=S)c(C)c1. The maximum absolute atomic E-state index is 12.7.